The van der Waals surface area contributed by atoms with Gasteiger partial charge in [0.2, 0.25) is 11.7 Å². The van der Waals surface area contributed by atoms with E-state index in [1.807, 2.05) is 0 Å². The van der Waals surface area contributed by atoms with Crippen molar-refractivity contribution in [1.82, 2.24) is 4.98 Å². The van der Waals surface area contributed by atoms with Crippen molar-refractivity contribution >= 4 is 28.5 Å². The molecule has 1 N–H and O–H groups in total. The van der Waals surface area contributed by atoms with Crippen LogP contribution in [0.1, 0.15) is 29.5 Å². The SMILES string of the molecule is COc1cc(/C=C/C(=O)Nc2nc3c(s2)CC(C)CC3)cc(OC)c1OC. The lowest BCUT2D eigenvalue weighted by atomic mass is 9.93. The molecule has 1 heterocycles. The van der Waals surface area contributed by atoms with Gasteiger partial charge in [-0.15, -0.1) is 11.3 Å². The number of hydrogen-bond acceptors (Lipinski definition) is 6. The first kappa shape index (κ1) is 19.2. The van der Waals surface area contributed by atoms with Gasteiger partial charge in [0.15, 0.2) is 16.6 Å². The molecule has 144 valence electrons. The van der Waals surface area contributed by atoms with Gasteiger partial charge in [-0.1, -0.05) is 6.92 Å². The largest absolute Gasteiger partial charge is 0.493 e. The first-order valence-electron chi connectivity index (χ1n) is 8.81. The number of carbonyl (C=O) groups is 1. The van der Waals surface area contributed by atoms with Gasteiger partial charge < -0.3 is 14.2 Å². The number of thiazole rings is 1. The molecule has 1 atom stereocenters. The van der Waals surface area contributed by atoms with Crippen LogP contribution in [0.4, 0.5) is 5.13 Å². The Bertz CT molecular complexity index is 835. The highest BCUT2D eigenvalue weighted by Gasteiger charge is 2.20. The van der Waals surface area contributed by atoms with Crippen LogP contribution in [0.2, 0.25) is 0 Å². The lowest BCUT2D eigenvalue weighted by molar-refractivity contribution is -0.111. The zero-order valence-electron chi connectivity index (χ0n) is 16.0. The third kappa shape index (κ3) is 4.42. The van der Waals surface area contributed by atoms with E-state index >= 15 is 0 Å². The zero-order chi connectivity index (χ0) is 19.4. The molecule has 0 saturated carbocycles. The van der Waals surface area contributed by atoms with Gasteiger partial charge in [0, 0.05) is 11.0 Å². The monoisotopic (exact) mass is 388 g/mol. The standard InChI is InChI=1S/C20H24N2O4S/c1-12-5-7-14-17(9-12)27-20(21-14)22-18(23)8-6-13-10-15(24-2)19(26-4)16(11-13)25-3/h6,8,10-12H,5,7,9H2,1-4H3,(H,21,22,23)/b8-6+. The molecule has 0 fully saturated rings. The van der Waals surface area contributed by atoms with Gasteiger partial charge in [-0.3, -0.25) is 10.1 Å². The second-order valence-electron chi connectivity index (χ2n) is 6.52. The van der Waals surface area contributed by atoms with Gasteiger partial charge in [-0.05, 0) is 49.0 Å². The Morgan fingerprint density at radius 1 is 1.22 bits per heavy atom. The van der Waals surface area contributed by atoms with E-state index in [-0.39, 0.29) is 5.91 Å². The number of ether oxygens (including phenoxy) is 3. The summed E-state index contributed by atoms with van der Waals surface area (Å²) in [4.78, 5) is 18.1. The predicted molar refractivity (Wildman–Crippen MR) is 107 cm³/mol. The Labute approximate surface area is 163 Å². The van der Waals surface area contributed by atoms with Crippen molar-refractivity contribution in [3.63, 3.8) is 0 Å². The van der Waals surface area contributed by atoms with Crippen LogP contribution in [0.3, 0.4) is 0 Å². The summed E-state index contributed by atoms with van der Waals surface area (Å²) in [6.07, 6.45) is 6.37. The van der Waals surface area contributed by atoms with Crippen LogP contribution < -0.4 is 19.5 Å². The molecule has 7 heteroatoms. The molecule has 0 radical (unpaired) electrons. The van der Waals surface area contributed by atoms with Gasteiger partial charge in [0.25, 0.3) is 0 Å². The Morgan fingerprint density at radius 3 is 2.56 bits per heavy atom. The summed E-state index contributed by atoms with van der Waals surface area (Å²) in [5.41, 5.74) is 1.90. The number of aryl methyl sites for hydroxylation is 1. The molecule has 0 saturated heterocycles. The van der Waals surface area contributed by atoms with E-state index in [4.69, 9.17) is 14.2 Å². The highest BCUT2D eigenvalue weighted by molar-refractivity contribution is 7.15. The molecule has 27 heavy (non-hydrogen) atoms. The van der Waals surface area contributed by atoms with E-state index in [1.54, 1.807) is 50.9 Å². The first-order valence-corrected chi connectivity index (χ1v) is 9.63. The van der Waals surface area contributed by atoms with Crippen molar-refractivity contribution in [2.45, 2.75) is 26.2 Å². The van der Waals surface area contributed by atoms with Gasteiger partial charge in [-0.25, -0.2) is 4.98 Å². The summed E-state index contributed by atoms with van der Waals surface area (Å²) in [7, 11) is 4.67. The quantitative estimate of drug-likeness (QED) is 0.759. The molecular weight excluding hydrogens is 364 g/mol. The smallest absolute Gasteiger partial charge is 0.250 e. The maximum absolute atomic E-state index is 12.3. The minimum Gasteiger partial charge on any atom is -0.493 e. The summed E-state index contributed by atoms with van der Waals surface area (Å²) in [6, 6.07) is 3.57. The third-order valence-electron chi connectivity index (χ3n) is 4.53. The van der Waals surface area contributed by atoms with Crippen molar-refractivity contribution in [3.8, 4) is 17.2 Å². The number of rotatable bonds is 6. The molecule has 3 rings (SSSR count). The molecule has 1 aliphatic carbocycles. The molecule has 0 aliphatic heterocycles. The van der Waals surface area contributed by atoms with Crippen molar-refractivity contribution in [3.05, 3.63) is 34.3 Å². The minimum absolute atomic E-state index is 0.220. The van der Waals surface area contributed by atoms with E-state index in [2.05, 4.69) is 17.2 Å². The molecule has 6 nitrogen and oxygen atoms in total. The number of nitrogens with one attached hydrogen (secondary N) is 1. The molecule has 1 unspecified atom stereocenters. The van der Waals surface area contributed by atoms with E-state index in [9.17, 15) is 4.79 Å². The number of aromatic nitrogens is 1. The van der Waals surface area contributed by atoms with Crippen molar-refractivity contribution in [2.75, 3.05) is 26.6 Å². The minimum atomic E-state index is -0.220. The number of benzene rings is 1. The van der Waals surface area contributed by atoms with Crippen LogP contribution in [0.25, 0.3) is 6.08 Å². The first-order chi connectivity index (χ1) is 13.0. The summed E-state index contributed by atoms with van der Waals surface area (Å²) in [5, 5.41) is 3.52. The fourth-order valence-electron chi connectivity index (χ4n) is 3.11. The average molecular weight is 388 g/mol. The van der Waals surface area contributed by atoms with Crippen LogP contribution in [0.15, 0.2) is 18.2 Å². The van der Waals surface area contributed by atoms with Gasteiger partial charge >= 0.3 is 0 Å². The fourth-order valence-corrected chi connectivity index (χ4v) is 4.28. The van der Waals surface area contributed by atoms with Crippen LogP contribution in [0, 0.1) is 5.92 Å². The average Bonchev–Trinajstić information content (AvgIpc) is 3.06. The fraction of sp³-hybridized carbons (Fsp3) is 0.400. The normalized spacial score (nSPS) is 16.1. The van der Waals surface area contributed by atoms with Crippen molar-refractivity contribution in [1.29, 1.82) is 0 Å². The van der Waals surface area contributed by atoms with E-state index in [1.165, 1.54) is 11.0 Å². The topological polar surface area (TPSA) is 69.7 Å². The van der Waals surface area contributed by atoms with E-state index in [0.717, 1.165) is 30.5 Å². The zero-order valence-corrected chi connectivity index (χ0v) is 16.8. The summed E-state index contributed by atoms with van der Waals surface area (Å²) in [6.45, 7) is 2.25. The Morgan fingerprint density at radius 2 is 1.93 bits per heavy atom. The second-order valence-corrected chi connectivity index (χ2v) is 7.60. The maximum Gasteiger partial charge on any atom is 0.250 e. The molecular formula is C20H24N2O4S. The lowest BCUT2D eigenvalue weighted by Crippen LogP contribution is -2.09. The second kappa shape index (κ2) is 8.43. The van der Waals surface area contributed by atoms with Crippen LogP contribution in [-0.2, 0) is 17.6 Å². The maximum atomic E-state index is 12.3. The molecule has 1 aromatic carbocycles. The van der Waals surface area contributed by atoms with Gasteiger partial charge in [0.1, 0.15) is 0 Å². The van der Waals surface area contributed by atoms with Crippen LogP contribution in [0.5, 0.6) is 17.2 Å². The van der Waals surface area contributed by atoms with E-state index in [0.29, 0.717) is 28.3 Å². The predicted octanol–water partition coefficient (Wildman–Crippen LogP) is 3.95. The number of carbonyl (C=O) groups excluding carboxylic acids is 1. The molecule has 1 aliphatic rings. The van der Waals surface area contributed by atoms with Gasteiger partial charge in [0.05, 0.1) is 27.0 Å². The van der Waals surface area contributed by atoms with Gasteiger partial charge in [-0.2, -0.15) is 0 Å². The highest BCUT2D eigenvalue weighted by Crippen LogP contribution is 2.38. The number of anilines is 1. The number of methoxy groups -OCH3 is 3. The number of nitrogens with zero attached hydrogens (tertiary/aromatic N) is 1. The summed E-state index contributed by atoms with van der Waals surface area (Å²) in [5.74, 6) is 2.06. The molecule has 1 amide bonds. The van der Waals surface area contributed by atoms with Crippen molar-refractivity contribution < 1.29 is 19.0 Å². The number of fused-ring (bicyclic) bond motifs is 1. The molecule has 0 spiro atoms. The highest BCUT2D eigenvalue weighted by atomic mass is 32.1. The molecule has 0 bridgehead atoms. The van der Waals surface area contributed by atoms with Crippen molar-refractivity contribution in [2.24, 2.45) is 5.92 Å². The summed E-state index contributed by atoms with van der Waals surface area (Å²) >= 11 is 1.57. The lowest BCUT2D eigenvalue weighted by Gasteiger charge is -2.15. The Kier molecular flexibility index (Phi) is 6.01. The van der Waals surface area contributed by atoms with Crippen LogP contribution in [-0.4, -0.2) is 32.2 Å². The third-order valence-corrected chi connectivity index (χ3v) is 5.57. The Hall–Kier alpha value is -2.54. The molecule has 1 aromatic heterocycles. The Balaban J connectivity index is 1.72. The number of amides is 1. The summed E-state index contributed by atoms with van der Waals surface area (Å²) < 4.78 is 16.0. The van der Waals surface area contributed by atoms with E-state index < -0.39 is 0 Å². The number of hydrogen-bond donors (Lipinski definition) is 1. The molecule has 2 aromatic rings. The van der Waals surface area contributed by atoms with Crippen LogP contribution >= 0.6 is 11.3 Å².